The monoisotopic (exact) mass is 178 g/mol. The molecular weight excluding hydrogens is 160 g/mol. The molecule has 0 spiro atoms. The maximum atomic E-state index is 4.46. The van der Waals surface area contributed by atoms with Crippen LogP contribution in [0, 0.1) is 0 Å². The van der Waals surface area contributed by atoms with Crippen LogP contribution in [0.1, 0.15) is 33.1 Å². The third-order valence-electron chi connectivity index (χ3n) is 2.06. The minimum Gasteiger partial charge on any atom is -0.350 e. The summed E-state index contributed by atoms with van der Waals surface area (Å²) in [6.07, 6.45) is 7.37. The highest BCUT2D eigenvalue weighted by atomic mass is 15.0. The third kappa shape index (κ3) is 3.92. The van der Waals surface area contributed by atoms with Crippen molar-refractivity contribution in [2.24, 2.45) is 4.99 Å². The SMILES string of the molecule is C=C/C(=C\NC(C)=NC1CC1)CC. The first-order chi connectivity index (χ1) is 6.26. The second kappa shape index (κ2) is 4.85. The first-order valence-corrected chi connectivity index (χ1v) is 4.88. The second-order valence-electron chi connectivity index (χ2n) is 3.37. The number of hydrogen-bond acceptors (Lipinski definition) is 1. The summed E-state index contributed by atoms with van der Waals surface area (Å²) in [4.78, 5) is 4.46. The average Bonchev–Trinajstić information content (AvgIpc) is 2.90. The van der Waals surface area contributed by atoms with Crippen LogP contribution >= 0.6 is 0 Å². The highest BCUT2D eigenvalue weighted by Crippen LogP contribution is 2.23. The molecule has 72 valence electrons. The quantitative estimate of drug-likeness (QED) is 0.399. The molecule has 0 aromatic heterocycles. The van der Waals surface area contributed by atoms with Gasteiger partial charge in [0.05, 0.1) is 11.9 Å². The summed E-state index contributed by atoms with van der Waals surface area (Å²) in [5, 5.41) is 3.17. The number of aliphatic imine (C=N–C) groups is 1. The molecule has 1 rings (SSSR count). The van der Waals surface area contributed by atoms with Gasteiger partial charge in [0.25, 0.3) is 0 Å². The van der Waals surface area contributed by atoms with E-state index in [0.29, 0.717) is 6.04 Å². The third-order valence-corrected chi connectivity index (χ3v) is 2.06. The Bertz CT molecular complexity index is 234. The molecule has 0 saturated heterocycles. The zero-order valence-corrected chi connectivity index (χ0v) is 8.51. The molecule has 0 atom stereocenters. The van der Waals surface area contributed by atoms with E-state index in [2.05, 4.69) is 23.8 Å². The van der Waals surface area contributed by atoms with Crippen molar-refractivity contribution in [1.29, 1.82) is 0 Å². The Kier molecular flexibility index (Phi) is 3.74. The van der Waals surface area contributed by atoms with Crippen LogP contribution in [0.2, 0.25) is 0 Å². The van der Waals surface area contributed by atoms with E-state index >= 15 is 0 Å². The maximum Gasteiger partial charge on any atom is 0.0974 e. The predicted molar refractivity (Wildman–Crippen MR) is 57.8 cm³/mol. The molecule has 1 N–H and O–H groups in total. The van der Waals surface area contributed by atoms with Gasteiger partial charge in [0.15, 0.2) is 0 Å². The van der Waals surface area contributed by atoms with Crippen LogP contribution in [0.15, 0.2) is 29.4 Å². The predicted octanol–water partition coefficient (Wildman–Crippen LogP) is 2.64. The van der Waals surface area contributed by atoms with Gasteiger partial charge >= 0.3 is 0 Å². The number of nitrogens with zero attached hydrogens (tertiary/aromatic N) is 1. The summed E-state index contributed by atoms with van der Waals surface area (Å²) < 4.78 is 0. The highest BCUT2D eigenvalue weighted by Gasteiger charge is 2.19. The van der Waals surface area contributed by atoms with Crippen molar-refractivity contribution in [2.75, 3.05) is 0 Å². The first kappa shape index (κ1) is 10.0. The largest absolute Gasteiger partial charge is 0.350 e. The molecule has 1 saturated carbocycles. The molecule has 0 unspecified atom stereocenters. The van der Waals surface area contributed by atoms with Crippen LogP contribution in [0.4, 0.5) is 0 Å². The van der Waals surface area contributed by atoms with Gasteiger partial charge in [-0.2, -0.15) is 0 Å². The van der Waals surface area contributed by atoms with E-state index in [1.807, 2.05) is 19.2 Å². The van der Waals surface area contributed by atoms with Crippen LogP contribution in [0.5, 0.6) is 0 Å². The van der Waals surface area contributed by atoms with E-state index in [0.717, 1.165) is 12.3 Å². The Morgan fingerprint density at radius 3 is 2.77 bits per heavy atom. The molecule has 1 fully saturated rings. The fourth-order valence-corrected chi connectivity index (χ4v) is 1.02. The Labute approximate surface area is 80.4 Å². The normalized spacial score (nSPS) is 18.6. The van der Waals surface area contributed by atoms with Crippen molar-refractivity contribution in [3.05, 3.63) is 24.4 Å². The lowest BCUT2D eigenvalue weighted by atomic mass is 10.2. The molecule has 0 aliphatic heterocycles. The summed E-state index contributed by atoms with van der Waals surface area (Å²) in [5.41, 5.74) is 1.21. The summed E-state index contributed by atoms with van der Waals surface area (Å²) >= 11 is 0. The Morgan fingerprint density at radius 1 is 1.62 bits per heavy atom. The van der Waals surface area contributed by atoms with E-state index in [9.17, 15) is 0 Å². The molecule has 0 aromatic rings. The van der Waals surface area contributed by atoms with Gasteiger partial charge in [-0.15, -0.1) is 0 Å². The molecule has 2 nitrogen and oxygen atoms in total. The van der Waals surface area contributed by atoms with Crippen LogP contribution in [0.25, 0.3) is 0 Å². The van der Waals surface area contributed by atoms with Crippen molar-refractivity contribution in [3.8, 4) is 0 Å². The minimum atomic E-state index is 0.592. The lowest BCUT2D eigenvalue weighted by molar-refractivity contribution is 1.02. The Morgan fingerprint density at radius 2 is 2.31 bits per heavy atom. The van der Waals surface area contributed by atoms with Gasteiger partial charge in [0.1, 0.15) is 0 Å². The smallest absolute Gasteiger partial charge is 0.0974 e. The van der Waals surface area contributed by atoms with E-state index in [1.165, 1.54) is 18.4 Å². The van der Waals surface area contributed by atoms with Crippen LogP contribution in [-0.2, 0) is 0 Å². The van der Waals surface area contributed by atoms with Crippen LogP contribution in [-0.4, -0.2) is 11.9 Å². The molecule has 2 heteroatoms. The van der Waals surface area contributed by atoms with Gasteiger partial charge in [0, 0.05) is 6.20 Å². The summed E-state index contributed by atoms with van der Waals surface area (Å²) in [6, 6.07) is 0.592. The molecule has 13 heavy (non-hydrogen) atoms. The summed E-state index contributed by atoms with van der Waals surface area (Å²) in [7, 11) is 0. The molecule has 0 aromatic carbocycles. The van der Waals surface area contributed by atoms with Crippen molar-refractivity contribution in [3.63, 3.8) is 0 Å². The second-order valence-corrected chi connectivity index (χ2v) is 3.37. The molecule has 0 amide bonds. The summed E-state index contributed by atoms with van der Waals surface area (Å²) in [5.74, 6) is 1.01. The minimum absolute atomic E-state index is 0.592. The molecule has 1 aliphatic rings. The van der Waals surface area contributed by atoms with Gasteiger partial charge in [-0.3, -0.25) is 4.99 Å². The van der Waals surface area contributed by atoms with Gasteiger partial charge in [-0.25, -0.2) is 0 Å². The number of nitrogens with one attached hydrogen (secondary N) is 1. The fraction of sp³-hybridized carbons (Fsp3) is 0.545. The zero-order chi connectivity index (χ0) is 9.68. The maximum absolute atomic E-state index is 4.46. The first-order valence-electron chi connectivity index (χ1n) is 4.88. The highest BCUT2D eigenvalue weighted by molar-refractivity contribution is 5.80. The molecular formula is C11H18N2. The number of hydrogen-bond donors (Lipinski definition) is 1. The number of rotatable bonds is 4. The Balaban J connectivity index is 2.38. The molecule has 1 aliphatic carbocycles. The van der Waals surface area contributed by atoms with Gasteiger partial charge in [0.2, 0.25) is 0 Å². The van der Waals surface area contributed by atoms with Gasteiger partial charge < -0.3 is 5.32 Å². The van der Waals surface area contributed by atoms with Gasteiger partial charge in [-0.05, 0) is 31.8 Å². The van der Waals surface area contributed by atoms with Gasteiger partial charge in [-0.1, -0.05) is 19.6 Å². The lowest BCUT2D eigenvalue weighted by Gasteiger charge is -2.01. The van der Waals surface area contributed by atoms with Crippen molar-refractivity contribution < 1.29 is 0 Å². The lowest BCUT2D eigenvalue weighted by Crippen LogP contribution is -2.14. The molecule has 0 bridgehead atoms. The van der Waals surface area contributed by atoms with E-state index in [4.69, 9.17) is 0 Å². The van der Waals surface area contributed by atoms with Crippen molar-refractivity contribution in [1.82, 2.24) is 5.32 Å². The van der Waals surface area contributed by atoms with E-state index < -0.39 is 0 Å². The standard InChI is InChI=1S/C11H18N2/c1-4-10(5-2)8-12-9(3)13-11-6-7-11/h4,8,11H,1,5-7H2,2-3H3,(H,12,13)/b10-8+. The molecule has 0 radical (unpaired) electrons. The zero-order valence-electron chi connectivity index (χ0n) is 8.51. The number of allylic oxidation sites excluding steroid dienone is 2. The van der Waals surface area contributed by atoms with Crippen molar-refractivity contribution in [2.45, 2.75) is 39.2 Å². The van der Waals surface area contributed by atoms with E-state index in [1.54, 1.807) is 0 Å². The topological polar surface area (TPSA) is 24.4 Å². The molecule has 0 heterocycles. The Hall–Kier alpha value is -1.05. The van der Waals surface area contributed by atoms with Crippen LogP contribution in [0.3, 0.4) is 0 Å². The number of amidine groups is 1. The fourth-order valence-electron chi connectivity index (χ4n) is 1.02. The average molecular weight is 178 g/mol. The van der Waals surface area contributed by atoms with Crippen LogP contribution < -0.4 is 5.32 Å². The van der Waals surface area contributed by atoms with Crippen molar-refractivity contribution >= 4 is 5.84 Å². The van der Waals surface area contributed by atoms with E-state index in [-0.39, 0.29) is 0 Å². The summed E-state index contributed by atoms with van der Waals surface area (Å²) in [6.45, 7) is 7.85.